The highest BCUT2D eigenvalue weighted by molar-refractivity contribution is 8.19. The lowest BCUT2D eigenvalue weighted by Crippen LogP contribution is -2.48. The lowest BCUT2D eigenvalue weighted by Gasteiger charge is -2.46. The lowest BCUT2D eigenvalue weighted by molar-refractivity contribution is -0.113. The van der Waals surface area contributed by atoms with E-state index in [1.165, 1.54) is 67.1 Å². The molecule has 2 heterocycles. The summed E-state index contributed by atoms with van der Waals surface area (Å²) >= 11 is 8.04. The van der Waals surface area contributed by atoms with Crippen LogP contribution in [0.1, 0.15) is 91.9 Å². The van der Waals surface area contributed by atoms with Crippen LogP contribution in [0.25, 0.3) is 0 Å². The molecule has 2 nitrogen and oxygen atoms in total. The van der Waals surface area contributed by atoms with Crippen molar-refractivity contribution < 1.29 is 9.90 Å². The zero-order chi connectivity index (χ0) is 23.5. The monoisotopic (exact) mass is 516 g/mol. The van der Waals surface area contributed by atoms with E-state index >= 15 is 0 Å². The lowest BCUT2D eigenvalue weighted by atomic mass is 9.84. The molecule has 0 aromatic carbocycles. The molecule has 1 N–H and O–H groups in total. The Kier molecular flexibility index (Phi) is 13.3. The summed E-state index contributed by atoms with van der Waals surface area (Å²) in [6.45, 7) is 8.18. The summed E-state index contributed by atoms with van der Waals surface area (Å²) in [5, 5.41) is 10.9. The molecule has 32 heavy (non-hydrogen) atoms. The molecule has 4 aliphatic rings. The third kappa shape index (κ3) is 9.28. The Morgan fingerprint density at radius 2 is 1.50 bits per heavy atom. The molecule has 2 aliphatic heterocycles. The Hall–Kier alpha value is 0.510. The van der Waals surface area contributed by atoms with Gasteiger partial charge < -0.3 is 5.11 Å². The molecule has 0 amide bonds. The average molecular weight is 517 g/mol. The Morgan fingerprint density at radius 3 is 1.91 bits per heavy atom. The molecule has 0 radical (unpaired) electrons. The molecule has 2 aliphatic carbocycles. The fourth-order valence-electron chi connectivity index (χ4n) is 4.25. The van der Waals surface area contributed by atoms with Gasteiger partial charge in [-0.3, -0.25) is 4.79 Å². The van der Waals surface area contributed by atoms with Crippen LogP contribution >= 0.6 is 47.0 Å². The van der Waals surface area contributed by atoms with Crippen molar-refractivity contribution in [2.75, 3.05) is 23.0 Å². The molecule has 0 aromatic rings. The molecule has 0 spiro atoms. The number of hydrogen-bond donors (Lipinski definition) is 1. The molecule has 6 heteroatoms. The van der Waals surface area contributed by atoms with Crippen molar-refractivity contribution in [3.63, 3.8) is 0 Å². The molecule has 2 saturated heterocycles. The van der Waals surface area contributed by atoms with Crippen molar-refractivity contribution in [1.82, 2.24) is 0 Å². The minimum atomic E-state index is -0.636. The Morgan fingerprint density at radius 1 is 0.938 bits per heavy atom. The van der Waals surface area contributed by atoms with E-state index in [0.29, 0.717) is 0 Å². The van der Waals surface area contributed by atoms with Crippen LogP contribution in [0.4, 0.5) is 0 Å². The van der Waals surface area contributed by atoms with Gasteiger partial charge in [0, 0.05) is 4.58 Å². The fourth-order valence-corrected chi connectivity index (χ4v) is 9.88. The molecule has 0 saturated carbocycles. The maximum absolute atomic E-state index is 10.9. The van der Waals surface area contributed by atoms with Crippen LogP contribution in [0.2, 0.25) is 0 Å². The second-order valence-corrected chi connectivity index (χ2v) is 15.7. The molecular weight excluding hydrogens is 473 g/mol. The molecule has 0 aromatic heterocycles. The van der Waals surface area contributed by atoms with E-state index in [1.807, 2.05) is 30.4 Å². The fraction of sp³-hybridized carbons (Fsp3) is 0.808. The van der Waals surface area contributed by atoms with E-state index in [4.69, 9.17) is 0 Å². The maximum Gasteiger partial charge on any atom is 0.155 e. The number of Topliss-reactive ketones (excluding diaryl/α,β-unsaturated/α-hetero) is 1. The van der Waals surface area contributed by atoms with Crippen LogP contribution < -0.4 is 0 Å². The number of carbonyl (C=O) groups is 1. The van der Waals surface area contributed by atoms with E-state index < -0.39 is 5.60 Å². The first-order valence-corrected chi connectivity index (χ1v) is 16.5. The van der Waals surface area contributed by atoms with E-state index in [0.717, 1.165) is 35.8 Å². The van der Waals surface area contributed by atoms with Gasteiger partial charge in [0.2, 0.25) is 0 Å². The predicted molar refractivity (Wildman–Crippen MR) is 151 cm³/mol. The van der Waals surface area contributed by atoms with Gasteiger partial charge in [-0.25, -0.2) is 0 Å². The summed E-state index contributed by atoms with van der Waals surface area (Å²) in [6, 6.07) is 0. The molecule has 1 atom stereocenters. The molecule has 1 unspecified atom stereocenters. The predicted octanol–water partition coefficient (Wildman–Crippen LogP) is 8.10. The minimum absolute atomic E-state index is 0.0472. The van der Waals surface area contributed by atoms with Gasteiger partial charge in [0.1, 0.15) is 5.60 Å². The van der Waals surface area contributed by atoms with Gasteiger partial charge in [-0.15, -0.1) is 47.0 Å². The molecule has 184 valence electrons. The number of rotatable bonds is 3. The highest BCUT2D eigenvalue weighted by atomic mass is 32.2. The first-order chi connectivity index (χ1) is 15.3. The highest BCUT2D eigenvalue weighted by Crippen LogP contribution is 2.52. The van der Waals surface area contributed by atoms with Crippen molar-refractivity contribution in [3.05, 3.63) is 23.3 Å². The van der Waals surface area contributed by atoms with Gasteiger partial charge in [-0.05, 0) is 126 Å². The quantitative estimate of drug-likeness (QED) is 0.382. The van der Waals surface area contributed by atoms with Crippen LogP contribution in [-0.4, -0.2) is 48.2 Å². The van der Waals surface area contributed by atoms with E-state index in [1.54, 1.807) is 6.92 Å². The van der Waals surface area contributed by atoms with Gasteiger partial charge >= 0.3 is 0 Å². The van der Waals surface area contributed by atoms with Gasteiger partial charge in [0.15, 0.2) is 5.78 Å². The van der Waals surface area contributed by atoms with E-state index in [2.05, 4.69) is 49.5 Å². The van der Waals surface area contributed by atoms with Crippen LogP contribution in [0.15, 0.2) is 23.3 Å². The molecule has 4 rings (SSSR count). The maximum atomic E-state index is 10.9. The summed E-state index contributed by atoms with van der Waals surface area (Å²) < 4.78 is 0.822. The summed E-state index contributed by atoms with van der Waals surface area (Å²) in [5.74, 6) is 5.40. The zero-order valence-electron chi connectivity index (χ0n) is 20.6. The number of carbonyl (C=O) groups excluding carboxylic acids is 1. The van der Waals surface area contributed by atoms with Gasteiger partial charge in [-0.2, -0.15) is 0 Å². The topological polar surface area (TPSA) is 37.3 Å². The van der Waals surface area contributed by atoms with Crippen molar-refractivity contribution in [2.24, 2.45) is 0 Å². The van der Waals surface area contributed by atoms with Gasteiger partial charge in [-0.1, -0.05) is 12.2 Å². The summed E-state index contributed by atoms with van der Waals surface area (Å²) in [4.78, 5) is 10.7. The number of allylic oxidation sites excluding steroid dienone is 3. The molecular formula is C26H44O2S4. The number of thioether (sulfide) groups is 4. The third-order valence-corrected chi connectivity index (χ3v) is 13.0. The van der Waals surface area contributed by atoms with E-state index in [9.17, 15) is 9.90 Å². The highest BCUT2D eigenvalue weighted by Gasteiger charge is 2.47. The van der Waals surface area contributed by atoms with Crippen LogP contribution in [0, 0.1) is 0 Å². The average Bonchev–Trinajstić information content (AvgIpc) is 2.82. The zero-order valence-corrected chi connectivity index (χ0v) is 23.9. The standard InChI is InChI=1S/C13H22OS2.C8H12O.C5H10S2/c1-12(14,11-7-4-3-5-8-11)13(2)15-9-6-10-16-13;1-7(9)8-5-3-2-4-6-8;1-5-6-3-2-4-7-5/h7,14H,3-6,8-10H2,1-2H3;5H,2-4,6H2,1H3;5H,2-4H2,1H3. The van der Waals surface area contributed by atoms with Crippen molar-refractivity contribution in [3.8, 4) is 0 Å². The largest absolute Gasteiger partial charge is 0.383 e. The SMILES string of the molecule is CC(=O)C1=CCCCC1.CC1(C(C)(O)C2=CCCCC2)SCCCS1.CC1SCCCS1. The second-order valence-electron chi connectivity index (χ2n) is 9.24. The van der Waals surface area contributed by atoms with Crippen LogP contribution in [-0.2, 0) is 4.79 Å². The number of aliphatic hydroxyl groups is 1. The minimum Gasteiger partial charge on any atom is -0.383 e. The Labute approximate surface area is 214 Å². The van der Waals surface area contributed by atoms with Crippen molar-refractivity contribution in [2.45, 2.75) is 106 Å². The normalized spacial score (nSPS) is 25.5. The number of ketones is 1. The van der Waals surface area contributed by atoms with Gasteiger partial charge in [0.25, 0.3) is 0 Å². The summed E-state index contributed by atoms with van der Waals surface area (Å²) in [7, 11) is 0. The smallest absolute Gasteiger partial charge is 0.155 e. The van der Waals surface area contributed by atoms with E-state index in [-0.39, 0.29) is 9.86 Å². The summed E-state index contributed by atoms with van der Waals surface area (Å²) in [5.41, 5.74) is 1.69. The molecule has 0 bridgehead atoms. The van der Waals surface area contributed by atoms with Crippen LogP contribution in [0.5, 0.6) is 0 Å². The molecule has 2 fully saturated rings. The second kappa shape index (κ2) is 14.8. The Bertz CT molecular complexity index is 630. The number of hydrogen-bond acceptors (Lipinski definition) is 6. The summed E-state index contributed by atoms with van der Waals surface area (Å²) in [6.07, 6.45) is 16.4. The van der Waals surface area contributed by atoms with Crippen molar-refractivity contribution in [1.29, 1.82) is 0 Å². The third-order valence-electron chi connectivity index (χ3n) is 6.58. The van der Waals surface area contributed by atoms with Crippen LogP contribution in [0.3, 0.4) is 0 Å². The first kappa shape index (κ1) is 28.7. The first-order valence-electron chi connectivity index (χ1n) is 12.4. The Balaban J connectivity index is 0.000000191. The van der Waals surface area contributed by atoms with Crippen molar-refractivity contribution >= 4 is 52.8 Å². The van der Waals surface area contributed by atoms with Gasteiger partial charge in [0.05, 0.1) is 4.08 Å².